The molecule has 0 amide bonds. The normalized spacial score (nSPS) is 10.3. The van der Waals surface area contributed by atoms with Crippen molar-refractivity contribution in [3.05, 3.63) is 40.3 Å². The number of ether oxygens (including phenoxy) is 1. The standard InChI is InChI=1S/C13H15ClN2OS/c1-2-17-13-4-3-11(5-10(13)6-14)16-8-12-7-15-9-18-12/h3-5,7,9,16H,2,6,8H2,1H3. The molecule has 1 N–H and O–H groups in total. The van der Waals surface area contributed by atoms with Crippen molar-refractivity contribution >= 4 is 28.6 Å². The lowest BCUT2D eigenvalue weighted by molar-refractivity contribution is 0.337. The molecule has 1 aromatic carbocycles. The molecule has 0 fully saturated rings. The zero-order valence-electron chi connectivity index (χ0n) is 10.1. The molecule has 0 saturated heterocycles. The summed E-state index contributed by atoms with van der Waals surface area (Å²) in [7, 11) is 0. The second kappa shape index (κ2) is 6.61. The molecule has 0 bridgehead atoms. The Bertz CT molecular complexity index is 488. The van der Waals surface area contributed by atoms with Gasteiger partial charge in [-0.2, -0.15) is 0 Å². The Morgan fingerprint density at radius 3 is 3.00 bits per heavy atom. The molecule has 2 rings (SSSR count). The van der Waals surface area contributed by atoms with Crippen LogP contribution in [0.25, 0.3) is 0 Å². The Morgan fingerprint density at radius 1 is 1.44 bits per heavy atom. The van der Waals surface area contributed by atoms with E-state index >= 15 is 0 Å². The highest BCUT2D eigenvalue weighted by Gasteiger charge is 2.04. The van der Waals surface area contributed by atoms with Crippen molar-refractivity contribution in [2.45, 2.75) is 19.3 Å². The summed E-state index contributed by atoms with van der Waals surface area (Å²) in [6.07, 6.45) is 1.87. The van der Waals surface area contributed by atoms with E-state index in [9.17, 15) is 0 Å². The Balaban J connectivity index is 2.05. The summed E-state index contributed by atoms with van der Waals surface area (Å²) in [5, 5.41) is 3.35. The second-order valence-electron chi connectivity index (χ2n) is 3.71. The van der Waals surface area contributed by atoms with E-state index in [1.54, 1.807) is 11.3 Å². The van der Waals surface area contributed by atoms with Crippen LogP contribution in [0, 0.1) is 0 Å². The van der Waals surface area contributed by atoms with E-state index in [1.807, 2.05) is 36.8 Å². The third-order valence-electron chi connectivity index (χ3n) is 2.45. The molecule has 1 heterocycles. The minimum absolute atomic E-state index is 0.450. The molecule has 0 saturated carbocycles. The smallest absolute Gasteiger partial charge is 0.123 e. The highest BCUT2D eigenvalue weighted by molar-refractivity contribution is 7.09. The van der Waals surface area contributed by atoms with Gasteiger partial charge in [-0.25, -0.2) is 0 Å². The van der Waals surface area contributed by atoms with Gasteiger partial charge < -0.3 is 10.1 Å². The number of hydrogen-bond donors (Lipinski definition) is 1. The summed E-state index contributed by atoms with van der Waals surface area (Å²) in [6, 6.07) is 5.98. The molecule has 3 nitrogen and oxygen atoms in total. The zero-order chi connectivity index (χ0) is 12.8. The van der Waals surface area contributed by atoms with Crippen molar-refractivity contribution in [2.24, 2.45) is 0 Å². The van der Waals surface area contributed by atoms with E-state index in [1.165, 1.54) is 4.88 Å². The van der Waals surface area contributed by atoms with Gasteiger partial charge in [0.2, 0.25) is 0 Å². The van der Waals surface area contributed by atoms with E-state index in [0.717, 1.165) is 23.5 Å². The highest BCUT2D eigenvalue weighted by Crippen LogP contribution is 2.25. The lowest BCUT2D eigenvalue weighted by Gasteiger charge is -2.11. The third kappa shape index (κ3) is 3.37. The van der Waals surface area contributed by atoms with Crippen LogP contribution < -0.4 is 10.1 Å². The highest BCUT2D eigenvalue weighted by atomic mass is 35.5. The van der Waals surface area contributed by atoms with Crippen LogP contribution in [0.5, 0.6) is 5.75 Å². The van der Waals surface area contributed by atoms with Gasteiger partial charge in [-0.05, 0) is 25.1 Å². The average molecular weight is 283 g/mol. The van der Waals surface area contributed by atoms with Crippen LogP contribution in [0.15, 0.2) is 29.9 Å². The molecule has 5 heteroatoms. The summed E-state index contributed by atoms with van der Waals surface area (Å²) in [4.78, 5) is 5.25. The van der Waals surface area contributed by atoms with Gasteiger partial charge in [0.15, 0.2) is 0 Å². The molecule has 1 aromatic heterocycles. The lowest BCUT2D eigenvalue weighted by atomic mass is 10.2. The maximum atomic E-state index is 5.92. The topological polar surface area (TPSA) is 34.1 Å². The third-order valence-corrected chi connectivity index (χ3v) is 3.52. The van der Waals surface area contributed by atoms with Crippen molar-refractivity contribution in [3.8, 4) is 5.75 Å². The minimum atomic E-state index is 0.450. The quantitative estimate of drug-likeness (QED) is 0.816. The number of rotatable bonds is 6. The largest absolute Gasteiger partial charge is 0.494 e. The fraction of sp³-hybridized carbons (Fsp3) is 0.308. The maximum absolute atomic E-state index is 5.92. The predicted molar refractivity (Wildman–Crippen MR) is 76.6 cm³/mol. The summed E-state index contributed by atoms with van der Waals surface area (Å²) in [5.41, 5.74) is 3.88. The van der Waals surface area contributed by atoms with Gasteiger partial charge >= 0.3 is 0 Å². The molecule has 0 unspecified atom stereocenters. The van der Waals surface area contributed by atoms with Crippen molar-refractivity contribution in [3.63, 3.8) is 0 Å². The number of hydrogen-bond acceptors (Lipinski definition) is 4. The number of thiazole rings is 1. The van der Waals surface area contributed by atoms with Gasteiger partial charge in [0, 0.05) is 22.3 Å². The molecule has 0 aliphatic carbocycles. The monoisotopic (exact) mass is 282 g/mol. The number of benzene rings is 1. The molecule has 0 atom stereocenters. The first-order valence-corrected chi connectivity index (χ1v) is 7.17. The number of aromatic nitrogens is 1. The molecular formula is C13H15ClN2OS. The molecule has 18 heavy (non-hydrogen) atoms. The summed E-state index contributed by atoms with van der Waals surface area (Å²) < 4.78 is 5.51. The Kier molecular flexibility index (Phi) is 4.84. The van der Waals surface area contributed by atoms with Crippen molar-refractivity contribution in [2.75, 3.05) is 11.9 Å². The van der Waals surface area contributed by atoms with E-state index in [-0.39, 0.29) is 0 Å². The maximum Gasteiger partial charge on any atom is 0.123 e. The molecule has 0 radical (unpaired) electrons. The van der Waals surface area contributed by atoms with Crippen molar-refractivity contribution < 1.29 is 4.74 Å². The first-order valence-electron chi connectivity index (χ1n) is 5.76. The lowest BCUT2D eigenvalue weighted by Crippen LogP contribution is -2.00. The molecular weight excluding hydrogens is 268 g/mol. The average Bonchev–Trinajstić information content (AvgIpc) is 2.91. The summed E-state index contributed by atoms with van der Waals surface area (Å²) in [5.74, 6) is 1.31. The van der Waals surface area contributed by atoms with Gasteiger partial charge in [0.1, 0.15) is 5.75 Å². The van der Waals surface area contributed by atoms with Gasteiger partial charge in [0.25, 0.3) is 0 Å². The van der Waals surface area contributed by atoms with E-state index in [0.29, 0.717) is 12.5 Å². The van der Waals surface area contributed by atoms with Crippen LogP contribution in [0.1, 0.15) is 17.4 Å². The Hall–Kier alpha value is -1.26. The number of alkyl halides is 1. The van der Waals surface area contributed by atoms with Crippen molar-refractivity contribution in [1.82, 2.24) is 4.98 Å². The van der Waals surface area contributed by atoms with Crippen LogP contribution in [0.3, 0.4) is 0 Å². The molecule has 0 aliphatic heterocycles. The van der Waals surface area contributed by atoms with Crippen LogP contribution in [0.2, 0.25) is 0 Å². The zero-order valence-corrected chi connectivity index (χ0v) is 11.7. The summed E-state index contributed by atoms with van der Waals surface area (Å²) >= 11 is 7.56. The number of nitrogens with zero attached hydrogens (tertiary/aromatic N) is 1. The van der Waals surface area contributed by atoms with Gasteiger partial charge in [0.05, 0.1) is 24.5 Å². The number of halogens is 1. The van der Waals surface area contributed by atoms with E-state index in [2.05, 4.69) is 10.3 Å². The molecule has 96 valence electrons. The molecule has 0 spiro atoms. The molecule has 2 aromatic rings. The fourth-order valence-electron chi connectivity index (χ4n) is 1.61. The van der Waals surface area contributed by atoms with Crippen LogP contribution in [0.4, 0.5) is 5.69 Å². The Labute approximate surface area is 116 Å². The van der Waals surface area contributed by atoms with Crippen LogP contribution in [-0.2, 0) is 12.4 Å². The summed E-state index contributed by atoms with van der Waals surface area (Å²) in [6.45, 7) is 3.39. The van der Waals surface area contributed by atoms with Gasteiger partial charge in [-0.1, -0.05) is 0 Å². The number of anilines is 1. The first kappa shape index (κ1) is 13.2. The van der Waals surface area contributed by atoms with E-state index < -0.39 is 0 Å². The van der Waals surface area contributed by atoms with Crippen LogP contribution in [-0.4, -0.2) is 11.6 Å². The van der Waals surface area contributed by atoms with Gasteiger partial charge in [-0.15, -0.1) is 22.9 Å². The fourth-order valence-corrected chi connectivity index (χ4v) is 2.35. The number of nitrogens with one attached hydrogen (secondary N) is 1. The van der Waals surface area contributed by atoms with Gasteiger partial charge in [-0.3, -0.25) is 4.98 Å². The predicted octanol–water partition coefficient (Wildman–Crippen LogP) is 3.89. The minimum Gasteiger partial charge on any atom is -0.494 e. The second-order valence-corrected chi connectivity index (χ2v) is 4.95. The van der Waals surface area contributed by atoms with E-state index in [4.69, 9.17) is 16.3 Å². The first-order chi connectivity index (χ1) is 8.83. The van der Waals surface area contributed by atoms with Crippen LogP contribution >= 0.6 is 22.9 Å². The molecule has 0 aliphatic rings. The van der Waals surface area contributed by atoms with Crippen molar-refractivity contribution in [1.29, 1.82) is 0 Å². The Morgan fingerprint density at radius 2 is 2.33 bits per heavy atom. The SMILES string of the molecule is CCOc1ccc(NCc2cncs2)cc1CCl.